The van der Waals surface area contributed by atoms with E-state index >= 15 is 0 Å². The van der Waals surface area contributed by atoms with Gasteiger partial charge < -0.3 is 15.4 Å². The Kier molecular flexibility index (Phi) is 5.77. The molecule has 0 aliphatic heterocycles. The molecule has 4 heteroatoms. The van der Waals surface area contributed by atoms with Crippen molar-refractivity contribution in [2.24, 2.45) is 11.7 Å². The molecule has 1 atom stereocenters. The Hall–Kier alpha value is -0.610. The van der Waals surface area contributed by atoms with Gasteiger partial charge in [-0.25, -0.2) is 0 Å². The lowest BCUT2D eigenvalue weighted by Crippen LogP contribution is -2.38. The first-order chi connectivity index (χ1) is 7.69. The molecule has 1 aliphatic carbocycles. The zero-order valence-electron chi connectivity index (χ0n) is 10.4. The van der Waals surface area contributed by atoms with Gasteiger partial charge in [-0.15, -0.1) is 0 Å². The predicted molar refractivity (Wildman–Crippen MR) is 64.1 cm³/mol. The lowest BCUT2D eigenvalue weighted by molar-refractivity contribution is -0.132. The molecule has 0 aromatic carbocycles. The van der Waals surface area contributed by atoms with E-state index in [4.69, 9.17) is 10.5 Å². The number of nitrogens with zero attached hydrogens (tertiary/aromatic N) is 1. The molecule has 1 saturated carbocycles. The summed E-state index contributed by atoms with van der Waals surface area (Å²) in [6.45, 7) is 6.69. The van der Waals surface area contributed by atoms with Gasteiger partial charge in [-0.2, -0.15) is 0 Å². The van der Waals surface area contributed by atoms with E-state index in [1.165, 1.54) is 12.8 Å². The summed E-state index contributed by atoms with van der Waals surface area (Å²) in [6, 6.07) is 0.0636. The maximum absolute atomic E-state index is 11.9. The van der Waals surface area contributed by atoms with Crippen molar-refractivity contribution in [1.82, 2.24) is 4.90 Å². The number of likely N-dealkylation sites (N-methyl/N-ethyl adjacent to an activating group) is 1. The van der Waals surface area contributed by atoms with Gasteiger partial charge in [0.25, 0.3) is 0 Å². The van der Waals surface area contributed by atoms with Crippen LogP contribution >= 0.6 is 0 Å². The monoisotopic (exact) mass is 228 g/mol. The first-order valence-corrected chi connectivity index (χ1v) is 6.30. The molecule has 16 heavy (non-hydrogen) atoms. The molecule has 0 aromatic rings. The number of carbonyl (C=O) groups excluding carboxylic acids is 1. The standard InChI is InChI=1S/C12H24N2O2/c1-3-14(7-8-16-4-2)12(15)9-11(13)10-5-6-10/h10-11H,3-9,13H2,1-2H3. The molecule has 4 nitrogen and oxygen atoms in total. The van der Waals surface area contributed by atoms with Crippen LogP contribution in [0.3, 0.4) is 0 Å². The average Bonchev–Trinajstić information content (AvgIpc) is 3.07. The summed E-state index contributed by atoms with van der Waals surface area (Å²) < 4.78 is 5.26. The third-order valence-corrected chi connectivity index (χ3v) is 3.08. The molecule has 2 N–H and O–H groups in total. The van der Waals surface area contributed by atoms with Crippen molar-refractivity contribution in [3.8, 4) is 0 Å². The van der Waals surface area contributed by atoms with Crippen LogP contribution in [0.25, 0.3) is 0 Å². The third-order valence-electron chi connectivity index (χ3n) is 3.08. The number of hydrogen-bond donors (Lipinski definition) is 1. The second-order valence-electron chi connectivity index (χ2n) is 4.38. The molecular formula is C12H24N2O2. The van der Waals surface area contributed by atoms with E-state index in [2.05, 4.69) is 0 Å². The van der Waals surface area contributed by atoms with Gasteiger partial charge in [-0.3, -0.25) is 4.79 Å². The van der Waals surface area contributed by atoms with Crippen LogP contribution in [-0.4, -0.2) is 43.2 Å². The van der Waals surface area contributed by atoms with E-state index < -0.39 is 0 Å². The second-order valence-corrected chi connectivity index (χ2v) is 4.38. The molecule has 1 fully saturated rings. The zero-order chi connectivity index (χ0) is 12.0. The Balaban J connectivity index is 2.24. The number of rotatable bonds is 8. The van der Waals surface area contributed by atoms with Crippen molar-refractivity contribution >= 4 is 5.91 Å². The minimum absolute atomic E-state index is 0.0636. The van der Waals surface area contributed by atoms with Crippen LogP contribution in [-0.2, 0) is 9.53 Å². The number of carbonyl (C=O) groups is 1. The Morgan fingerprint density at radius 3 is 2.69 bits per heavy atom. The number of amides is 1. The van der Waals surface area contributed by atoms with Crippen LogP contribution in [0.4, 0.5) is 0 Å². The van der Waals surface area contributed by atoms with Crippen LogP contribution in [0.1, 0.15) is 33.1 Å². The third kappa shape index (κ3) is 4.49. The largest absolute Gasteiger partial charge is 0.380 e. The minimum atomic E-state index is 0.0636. The lowest BCUT2D eigenvalue weighted by Gasteiger charge is -2.22. The first kappa shape index (κ1) is 13.5. The van der Waals surface area contributed by atoms with Gasteiger partial charge in [0.05, 0.1) is 6.61 Å². The van der Waals surface area contributed by atoms with Gasteiger partial charge in [-0.05, 0) is 32.6 Å². The van der Waals surface area contributed by atoms with Crippen molar-refractivity contribution in [2.45, 2.75) is 39.2 Å². The van der Waals surface area contributed by atoms with Crippen molar-refractivity contribution < 1.29 is 9.53 Å². The first-order valence-electron chi connectivity index (χ1n) is 6.30. The predicted octanol–water partition coefficient (Wildman–Crippen LogP) is 0.999. The van der Waals surface area contributed by atoms with Crippen molar-refractivity contribution in [3.05, 3.63) is 0 Å². The zero-order valence-corrected chi connectivity index (χ0v) is 10.4. The lowest BCUT2D eigenvalue weighted by atomic mass is 10.1. The molecule has 0 spiro atoms. The fraction of sp³-hybridized carbons (Fsp3) is 0.917. The van der Waals surface area contributed by atoms with E-state index in [0.29, 0.717) is 32.1 Å². The Morgan fingerprint density at radius 2 is 2.19 bits per heavy atom. The molecular weight excluding hydrogens is 204 g/mol. The van der Waals surface area contributed by atoms with Crippen molar-refractivity contribution in [3.63, 3.8) is 0 Å². The van der Waals surface area contributed by atoms with Gasteiger partial charge in [-0.1, -0.05) is 0 Å². The topological polar surface area (TPSA) is 55.6 Å². The Morgan fingerprint density at radius 1 is 1.50 bits per heavy atom. The van der Waals surface area contributed by atoms with Gasteiger partial charge in [0.2, 0.25) is 5.91 Å². The smallest absolute Gasteiger partial charge is 0.224 e. The summed E-state index contributed by atoms with van der Waals surface area (Å²) in [6.07, 6.45) is 2.88. The van der Waals surface area contributed by atoms with Gasteiger partial charge in [0, 0.05) is 32.2 Å². The van der Waals surface area contributed by atoms with E-state index in [0.717, 1.165) is 6.54 Å². The fourth-order valence-corrected chi connectivity index (χ4v) is 1.80. The van der Waals surface area contributed by atoms with Crippen LogP contribution in [0.5, 0.6) is 0 Å². The molecule has 94 valence electrons. The summed E-state index contributed by atoms with van der Waals surface area (Å²) in [5, 5.41) is 0. The molecule has 0 radical (unpaired) electrons. The highest BCUT2D eigenvalue weighted by molar-refractivity contribution is 5.76. The maximum atomic E-state index is 11.9. The molecule has 0 saturated heterocycles. The molecule has 0 bridgehead atoms. The molecule has 1 unspecified atom stereocenters. The number of nitrogens with two attached hydrogens (primary N) is 1. The quantitative estimate of drug-likeness (QED) is 0.631. The summed E-state index contributed by atoms with van der Waals surface area (Å²) in [7, 11) is 0. The SMILES string of the molecule is CCOCCN(CC)C(=O)CC(N)C1CC1. The minimum Gasteiger partial charge on any atom is -0.380 e. The Bertz CT molecular complexity index is 217. The summed E-state index contributed by atoms with van der Waals surface area (Å²) >= 11 is 0. The average molecular weight is 228 g/mol. The van der Waals surface area contributed by atoms with Gasteiger partial charge >= 0.3 is 0 Å². The summed E-state index contributed by atoms with van der Waals surface area (Å²) in [4.78, 5) is 13.7. The normalized spacial score (nSPS) is 17.2. The van der Waals surface area contributed by atoms with Crippen LogP contribution in [0.2, 0.25) is 0 Å². The van der Waals surface area contributed by atoms with Crippen LogP contribution < -0.4 is 5.73 Å². The van der Waals surface area contributed by atoms with Crippen molar-refractivity contribution in [2.75, 3.05) is 26.3 Å². The number of ether oxygens (including phenoxy) is 1. The highest BCUT2D eigenvalue weighted by Gasteiger charge is 2.30. The highest BCUT2D eigenvalue weighted by atomic mass is 16.5. The van der Waals surface area contributed by atoms with E-state index in [1.807, 2.05) is 18.7 Å². The summed E-state index contributed by atoms with van der Waals surface area (Å²) in [5.74, 6) is 0.760. The molecule has 0 heterocycles. The molecule has 1 amide bonds. The van der Waals surface area contributed by atoms with Crippen LogP contribution in [0, 0.1) is 5.92 Å². The fourth-order valence-electron chi connectivity index (χ4n) is 1.80. The summed E-state index contributed by atoms with van der Waals surface area (Å²) in [5.41, 5.74) is 5.95. The molecule has 0 aromatic heterocycles. The Labute approximate surface area is 98.1 Å². The molecule has 1 rings (SSSR count). The van der Waals surface area contributed by atoms with Gasteiger partial charge in [0.1, 0.15) is 0 Å². The van der Waals surface area contributed by atoms with E-state index in [9.17, 15) is 4.79 Å². The number of hydrogen-bond acceptors (Lipinski definition) is 3. The highest BCUT2D eigenvalue weighted by Crippen LogP contribution is 2.32. The van der Waals surface area contributed by atoms with Crippen molar-refractivity contribution in [1.29, 1.82) is 0 Å². The van der Waals surface area contributed by atoms with Crippen LogP contribution in [0.15, 0.2) is 0 Å². The van der Waals surface area contributed by atoms with Gasteiger partial charge in [0.15, 0.2) is 0 Å². The second kappa shape index (κ2) is 6.86. The van der Waals surface area contributed by atoms with E-state index in [1.54, 1.807) is 0 Å². The maximum Gasteiger partial charge on any atom is 0.224 e. The molecule has 1 aliphatic rings. The van der Waals surface area contributed by atoms with E-state index in [-0.39, 0.29) is 11.9 Å².